The first-order valence-corrected chi connectivity index (χ1v) is 16.4. The van der Waals surface area contributed by atoms with Gasteiger partial charge < -0.3 is 21.3 Å². The molecule has 4 heterocycles. The molecule has 1 saturated carbocycles. The van der Waals surface area contributed by atoms with E-state index in [-0.39, 0.29) is 0 Å². The number of anilines is 2. The van der Waals surface area contributed by atoms with E-state index in [0.717, 1.165) is 34.3 Å². The maximum Gasteiger partial charge on any atom is 0.223 e. The predicted octanol–water partition coefficient (Wildman–Crippen LogP) is 7.08. The molecule has 3 aliphatic rings. The summed E-state index contributed by atoms with van der Waals surface area (Å²) in [5.74, 6) is 1.18. The van der Waals surface area contributed by atoms with E-state index in [1.54, 1.807) is 24.5 Å². The molecule has 0 saturated heterocycles. The Labute approximate surface area is 262 Å². The largest absolute Gasteiger partial charge is 0.352 e. The smallest absolute Gasteiger partial charge is 0.223 e. The maximum atomic E-state index is 9.47. The lowest BCUT2D eigenvalue weighted by molar-refractivity contribution is 0.461. The van der Waals surface area contributed by atoms with Crippen LogP contribution in [0.25, 0.3) is 11.1 Å². The number of aromatic nitrogens is 4. The average Bonchev–Trinajstić information content (AvgIpc) is 3.63. The predicted molar refractivity (Wildman–Crippen MR) is 177 cm³/mol. The summed E-state index contributed by atoms with van der Waals surface area (Å²) in [5.41, 5.74) is 4.48. The third-order valence-corrected chi connectivity index (χ3v) is 8.89. The van der Waals surface area contributed by atoms with Gasteiger partial charge in [0.25, 0.3) is 0 Å². The van der Waals surface area contributed by atoms with Crippen LogP contribution in [0.15, 0.2) is 56.8 Å². The molecule has 0 radical (unpaired) electrons. The van der Waals surface area contributed by atoms with Crippen LogP contribution in [0.4, 0.5) is 11.9 Å². The van der Waals surface area contributed by atoms with Crippen LogP contribution in [-0.2, 0) is 0 Å². The first kappa shape index (κ1) is 31.9. The molecule has 1 unspecified atom stereocenters. The summed E-state index contributed by atoms with van der Waals surface area (Å²) in [4.78, 5) is 17.5. The van der Waals surface area contributed by atoms with Crippen molar-refractivity contribution in [2.24, 2.45) is 0 Å². The van der Waals surface area contributed by atoms with Gasteiger partial charge in [-0.3, -0.25) is 0 Å². The van der Waals surface area contributed by atoms with Crippen LogP contribution in [0.2, 0.25) is 0 Å². The molecule has 1 aliphatic carbocycles. The molecule has 4 N–H and O–H groups in total. The van der Waals surface area contributed by atoms with E-state index >= 15 is 0 Å². The van der Waals surface area contributed by atoms with Gasteiger partial charge in [0.05, 0.1) is 21.4 Å². The molecular weight excluding hydrogens is 577 g/mol. The normalized spacial score (nSPS) is 19.2. The fourth-order valence-electron chi connectivity index (χ4n) is 4.75. The summed E-state index contributed by atoms with van der Waals surface area (Å²) >= 11 is 3.03. The molecule has 5 rings (SSSR count). The second-order valence-electron chi connectivity index (χ2n) is 10.6. The minimum atomic E-state index is 0.311. The van der Waals surface area contributed by atoms with Crippen molar-refractivity contribution in [3.8, 4) is 12.1 Å². The second-order valence-corrected chi connectivity index (χ2v) is 12.3. The molecule has 2 aromatic heterocycles. The average molecular weight is 615 g/mol. The third kappa shape index (κ3) is 9.24. The summed E-state index contributed by atoms with van der Waals surface area (Å²) in [6.07, 6.45) is 11.7. The number of nitrogens with one attached hydrogen (secondary N) is 4. The summed E-state index contributed by atoms with van der Waals surface area (Å²) < 4.78 is 0. The minimum absolute atomic E-state index is 0.311. The molecule has 1 atom stereocenters. The number of nitrogens with zero attached hydrogens (tertiary/aromatic N) is 6. The minimum Gasteiger partial charge on any atom is -0.352 e. The molecule has 10 nitrogen and oxygen atoms in total. The van der Waals surface area contributed by atoms with Crippen LogP contribution in [-0.4, -0.2) is 32.0 Å². The fourth-order valence-corrected chi connectivity index (χ4v) is 6.44. The summed E-state index contributed by atoms with van der Waals surface area (Å²) in [5, 5.41) is 37.6. The van der Waals surface area contributed by atoms with Crippen molar-refractivity contribution >= 4 is 46.6 Å². The van der Waals surface area contributed by atoms with Gasteiger partial charge in [0, 0.05) is 35.9 Å². The lowest BCUT2D eigenvalue weighted by atomic mass is 9.96. The number of hydrogen-bond acceptors (Lipinski definition) is 12. The lowest BCUT2D eigenvalue weighted by Gasteiger charge is -2.22. The van der Waals surface area contributed by atoms with Crippen LogP contribution in [0.3, 0.4) is 0 Å². The van der Waals surface area contributed by atoms with Gasteiger partial charge in [-0.05, 0) is 63.0 Å². The highest BCUT2D eigenvalue weighted by Crippen LogP contribution is 2.32. The van der Waals surface area contributed by atoms with Crippen molar-refractivity contribution in [3.05, 3.63) is 68.2 Å². The topological polar surface area (TPSA) is 147 Å². The Morgan fingerprint density at radius 1 is 0.907 bits per heavy atom. The molecule has 0 aromatic carbocycles. The number of thioether (sulfide) groups is 2. The Balaban J connectivity index is 0.000000197. The van der Waals surface area contributed by atoms with Crippen molar-refractivity contribution in [3.63, 3.8) is 0 Å². The number of allylic oxidation sites excluding steroid dienone is 4. The molecule has 224 valence electrons. The Bertz CT molecular complexity index is 1490. The van der Waals surface area contributed by atoms with E-state index in [1.807, 2.05) is 24.7 Å². The molecule has 0 bridgehead atoms. The van der Waals surface area contributed by atoms with Gasteiger partial charge in [0.15, 0.2) is 0 Å². The van der Waals surface area contributed by atoms with Crippen molar-refractivity contribution in [2.75, 3.05) is 10.6 Å². The van der Waals surface area contributed by atoms with Crippen LogP contribution in [0.5, 0.6) is 0 Å². The van der Waals surface area contributed by atoms with E-state index in [4.69, 9.17) is 0 Å². The van der Waals surface area contributed by atoms with Gasteiger partial charge in [0.1, 0.15) is 23.3 Å². The standard InChI is InChI=1S/C16H19N5S.C15H19N5S/c1-11-10-22-15(19-11)13(9-17)14-7-8-18-16(21-14)20-12-5-3-2-4-6-12;1-4-5-10(2)19-15-17-7-6-13(20-15)12(8-16)14-18-11(3)9-21-14/h7-8,10,12,19H,2-6H2,1H3,(H,18,20,21);6-7,9-10,18H,4-5H2,1-3H3,(H,17,19,20). The van der Waals surface area contributed by atoms with Crippen LogP contribution in [0.1, 0.15) is 84.0 Å². The van der Waals surface area contributed by atoms with E-state index in [1.165, 1.54) is 55.6 Å². The molecular formula is C31H38N10S2. The summed E-state index contributed by atoms with van der Waals surface area (Å²) in [6.45, 7) is 8.19. The molecule has 2 aromatic rings. The van der Waals surface area contributed by atoms with Gasteiger partial charge in [-0.25, -0.2) is 19.9 Å². The zero-order chi connectivity index (χ0) is 30.6. The van der Waals surface area contributed by atoms with Crippen LogP contribution >= 0.6 is 23.5 Å². The van der Waals surface area contributed by atoms with Crippen molar-refractivity contribution < 1.29 is 0 Å². The van der Waals surface area contributed by atoms with E-state index < -0.39 is 0 Å². The van der Waals surface area contributed by atoms with E-state index in [0.29, 0.717) is 46.5 Å². The molecule has 0 spiro atoms. The van der Waals surface area contributed by atoms with Gasteiger partial charge in [-0.1, -0.05) is 56.1 Å². The Kier molecular flexibility index (Phi) is 11.9. The highest BCUT2D eigenvalue weighted by atomic mass is 32.2. The first-order valence-electron chi connectivity index (χ1n) is 14.6. The second kappa shape index (κ2) is 16.0. The van der Waals surface area contributed by atoms with Crippen LogP contribution in [0, 0.1) is 22.7 Å². The Hall–Kier alpha value is -4.00. The van der Waals surface area contributed by atoms with Gasteiger partial charge in [-0.15, -0.1) is 0 Å². The highest BCUT2D eigenvalue weighted by molar-refractivity contribution is 8.06. The molecule has 2 aliphatic heterocycles. The van der Waals surface area contributed by atoms with Crippen molar-refractivity contribution in [1.82, 2.24) is 30.6 Å². The maximum absolute atomic E-state index is 9.47. The quantitative estimate of drug-likeness (QED) is 0.225. The molecule has 12 heteroatoms. The fraction of sp³-hybridized carbons (Fsp3) is 0.419. The third-order valence-electron chi connectivity index (χ3n) is 6.87. The summed E-state index contributed by atoms with van der Waals surface area (Å²) in [6, 6.07) is 8.79. The number of hydrogen-bond donors (Lipinski definition) is 4. The zero-order valence-corrected chi connectivity index (χ0v) is 26.7. The van der Waals surface area contributed by atoms with Gasteiger partial charge in [0.2, 0.25) is 11.9 Å². The van der Waals surface area contributed by atoms with E-state index in [2.05, 4.69) is 67.2 Å². The Morgan fingerprint density at radius 3 is 1.93 bits per heavy atom. The first-order chi connectivity index (χ1) is 20.9. The Morgan fingerprint density at radius 2 is 1.44 bits per heavy atom. The number of nitriles is 2. The van der Waals surface area contributed by atoms with Gasteiger partial charge in [-0.2, -0.15) is 10.5 Å². The number of rotatable bonds is 8. The van der Waals surface area contributed by atoms with Crippen molar-refractivity contribution in [1.29, 1.82) is 10.5 Å². The van der Waals surface area contributed by atoms with Gasteiger partial charge >= 0.3 is 0 Å². The summed E-state index contributed by atoms with van der Waals surface area (Å²) in [7, 11) is 0. The van der Waals surface area contributed by atoms with Crippen LogP contribution < -0.4 is 21.3 Å². The lowest BCUT2D eigenvalue weighted by Crippen LogP contribution is -2.23. The molecule has 43 heavy (non-hydrogen) atoms. The van der Waals surface area contributed by atoms with Crippen molar-refractivity contribution in [2.45, 2.75) is 84.7 Å². The SMILES string of the molecule is CC1=CSC(=C(C#N)c2ccnc(NC3CCCCC3)n2)N1.CCCC(C)Nc1nccc(C(C#N)=C2NC(C)=CS2)n1. The van der Waals surface area contributed by atoms with E-state index in [9.17, 15) is 10.5 Å². The monoisotopic (exact) mass is 614 g/mol. The molecule has 1 fully saturated rings. The highest BCUT2D eigenvalue weighted by Gasteiger charge is 2.18. The zero-order valence-electron chi connectivity index (χ0n) is 25.1. The molecule has 0 amide bonds.